The molecule has 1 aliphatic heterocycles. The highest BCUT2D eigenvalue weighted by molar-refractivity contribution is 5.88. The summed E-state index contributed by atoms with van der Waals surface area (Å²) in [6, 6.07) is 7.90. The van der Waals surface area contributed by atoms with E-state index in [4.69, 9.17) is 5.11 Å². The molecule has 2 N–H and O–H groups in total. The van der Waals surface area contributed by atoms with E-state index in [-0.39, 0.29) is 11.6 Å². The van der Waals surface area contributed by atoms with Crippen molar-refractivity contribution in [2.24, 2.45) is 5.92 Å². The fourth-order valence-electron chi connectivity index (χ4n) is 3.35. The maximum Gasteiger partial charge on any atom is 0.358 e. The van der Waals surface area contributed by atoms with Gasteiger partial charge in [-0.2, -0.15) is 0 Å². The quantitative estimate of drug-likeness (QED) is 0.818. The van der Waals surface area contributed by atoms with Crippen molar-refractivity contribution in [3.05, 3.63) is 41.7 Å². The van der Waals surface area contributed by atoms with E-state index in [1.54, 1.807) is 4.68 Å². The first-order valence-corrected chi connectivity index (χ1v) is 8.72. The first kappa shape index (κ1) is 18.1. The number of hydrogen-bond donors (Lipinski definition) is 2. The van der Waals surface area contributed by atoms with Crippen LogP contribution in [0.4, 0.5) is 5.69 Å². The summed E-state index contributed by atoms with van der Waals surface area (Å²) < 4.78 is 1.62. The number of hydrogen-bond acceptors (Lipinski definition) is 5. The van der Waals surface area contributed by atoms with Crippen molar-refractivity contribution in [2.45, 2.75) is 32.9 Å². The normalized spacial score (nSPS) is 17.8. The number of likely N-dealkylation sites (tertiary alicyclic amines) is 1. The summed E-state index contributed by atoms with van der Waals surface area (Å²) in [7, 11) is 0. The zero-order chi connectivity index (χ0) is 18.5. The van der Waals surface area contributed by atoms with Gasteiger partial charge in [0.15, 0.2) is 5.69 Å². The van der Waals surface area contributed by atoms with Crippen LogP contribution in [0.3, 0.4) is 0 Å². The molecule has 0 unspecified atom stereocenters. The van der Waals surface area contributed by atoms with Gasteiger partial charge in [-0.3, -0.25) is 14.4 Å². The van der Waals surface area contributed by atoms with Gasteiger partial charge in [0.25, 0.3) is 0 Å². The lowest BCUT2D eigenvalue weighted by molar-refractivity contribution is -0.114. The van der Waals surface area contributed by atoms with Crippen LogP contribution in [0.25, 0.3) is 0 Å². The second-order valence-corrected chi connectivity index (χ2v) is 6.75. The molecule has 8 nitrogen and oxygen atoms in total. The molecular weight excluding hydrogens is 334 g/mol. The molecular formula is C18H23N5O3. The first-order valence-electron chi connectivity index (χ1n) is 8.72. The number of aromatic nitrogens is 3. The molecule has 1 atom stereocenters. The Morgan fingerprint density at radius 2 is 2.08 bits per heavy atom. The van der Waals surface area contributed by atoms with Crippen molar-refractivity contribution in [2.75, 3.05) is 18.4 Å². The minimum absolute atomic E-state index is 0.0167. The van der Waals surface area contributed by atoms with Crippen molar-refractivity contribution in [1.29, 1.82) is 0 Å². The summed E-state index contributed by atoms with van der Waals surface area (Å²) in [6.07, 6.45) is 3.69. The van der Waals surface area contributed by atoms with E-state index in [1.807, 2.05) is 24.3 Å². The van der Waals surface area contributed by atoms with Gasteiger partial charge in [0.2, 0.25) is 5.91 Å². The van der Waals surface area contributed by atoms with Crippen molar-refractivity contribution in [3.8, 4) is 0 Å². The molecule has 1 aromatic heterocycles. The largest absolute Gasteiger partial charge is 0.476 e. The molecule has 138 valence electrons. The third-order valence-corrected chi connectivity index (χ3v) is 4.49. The number of carbonyl (C=O) groups excluding carboxylic acids is 1. The average molecular weight is 357 g/mol. The van der Waals surface area contributed by atoms with Gasteiger partial charge < -0.3 is 10.4 Å². The van der Waals surface area contributed by atoms with Gasteiger partial charge in [0.05, 0.1) is 6.20 Å². The Hall–Kier alpha value is -2.74. The van der Waals surface area contributed by atoms with Gasteiger partial charge in [0.1, 0.15) is 0 Å². The molecule has 8 heteroatoms. The van der Waals surface area contributed by atoms with Crippen molar-refractivity contribution in [1.82, 2.24) is 19.9 Å². The molecule has 0 spiro atoms. The lowest BCUT2D eigenvalue weighted by Gasteiger charge is -2.32. The predicted molar refractivity (Wildman–Crippen MR) is 95.7 cm³/mol. The van der Waals surface area contributed by atoms with Gasteiger partial charge in [-0.05, 0) is 43.0 Å². The van der Waals surface area contributed by atoms with Crippen LogP contribution in [-0.4, -0.2) is 50.0 Å². The Kier molecular flexibility index (Phi) is 5.62. The molecule has 26 heavy (non-hydrogen) atoms. The second-order valence-electron chi connectivity index (χ2n) is 6.75. The summed E-state index contributed by atoms with van der Waals surface area (Å²) >= 11 is 0. The summed E-state index contributed by atoms with van der Waals surface area (Å²) in [6.45, 7) is 5.01. The SMILES string of the molecule is CC(=O)Nc1ccc(CN2CCC[C@@H](Cn3cc(C(=O)O)nn3)C2)cc1. The van der Waals surface area contributed by atoms with Crippen molar-refractivity contribution < 1.29 is 14.7 Å². The number of piperidine rings is 1. The maximum atomic E-state index is 11.1. The van der Waals surface area contributed by atoms with Gasteiger partial charge in [-0.25, -0.2) is 4.79 Å². The van der Waals surface area contributed by atoms with Crippen LogP contribution in [0, 0.1) is 5.92 Å². The zero-order valence-electron chi connectivity index (χ0n) is 14.8. The standard InChI is InChI=1S/C18H23N5O3/c1-13(24)19-16-6-4-14(5-7-16)9-22-8-2-3-15(10-22)11-23-12-17(18(25)26)20-21-23/h4-7,12,15H,2-3,8-11H2,1H3,(H,19,24)(H,25,26)/t15-/m1/s1. The van der Waals surface area contributed by atoms with Gasteiger partial charge in [-0.15, -0.1) is 5.10 Å². The van der Waals surface area contributed by atoms with Crippen molar-refractivity contribution in [3.63, 3.8) is 0 Å². The van der Waals surface area contributed by atoms with E-state index < -0.39 is 5.97 Å². The fourth-order valence-corrected chi connectivity index (χ4v) is 3.35. The second kappa shape index (κ2) is 8.09. The molecule has 0 saturated carbocycles. The molecule has 1 amide bonds. The smallest absolute Gasteiger partial charge is 0.358 e. The highest BCUT2D eigenvalue weighted by Gasteiger charge is 2.21. The van der Waals surface area contributed by atoms with E-state index >= 15 is 0 Å². The summed E-state index contributed by atoms with van der Waals surface area (Å²) in [5.41, 5.74) is 1.99. The van der Waals surface area contributed by atoms with E-state index in [0.29, 0.717) is 12.5 Å². The van der Waals surface area contributed by atoms with E-state index in [2.05, 4.69) is 20.5 Å². The maximum absolute atomic E-state index is 11.1. The number of carbonyl (C=O) groups is 2. The average Bonchev–Trinajstić information content (AvgIpc) is 3.05. The molecule has 0 aliphatic carbocycles. The predicted octanol–water partition coefficient (Wildman–Crippen LogP) is 1.85. The molecule has 1 saturated heterocycles. The van der Waals surface area contributed by atoms with E-state index in [1.165, 1.54) is 18.7 Å². The molecule has 0 radical (unpaired) electrons. The Morgan fingerprint density at radius 3 is 2.73 bits per heavy atom. The summed E-state index contributed by atoms with van der Waals surface area (Å²) in [4.78, 5) is 24.4. The molecule has 1 fully saturated rings. The fraction of sp³-hybridized carbons (Fsp3) is 0.444. The molecule has 0 bridgehead atoms. The minimum atomic E-state index is -1.05. The highest BCUT2D eigenvalue weighted by Crippen LogP contribution is 2.20. The van der Waals surface area contributed by atoms with E-state index in [9.17, 15) is 9.59 Å². The minimum Gasteiger partial charge on any atom is -0.476 e. The van der Waals surface area contributed by atoms with Crippen LogP contribution in [0.1, 0.15) is 35.8 Å². The lowest BCUT2D eigenvalue weighted by atomic mass is 9.97. The summed E-state index contributed by atoms with van der Waals surface area (Å²) in [5, 5.41) is 19.3. The zero-order valence-corrected chi connectivity index (χ0v) is 14.8. The van der Waals surface area contributed by atoms with Crippen LogP contribution < -0.4 is 5.32 Å². The number of nitrogens with zero attached hydrogens (tertiary/aromatic N) is 4. The van der Waals surface area contributed by atoms with Crippen LogP contribution in [-0.2, 0) is 17.9 Å². The van der Waals surface area contributed by atoms with Gasteiger partial charge in [0, 0.05) is 32.2 Å². The Bertz CT molecular complexity index is 771. The Labute approximate surface area is 151 Å². The Morgan fingerprint density at radius 1 is 1.31 bits per heavy atom. The lowest BCUT2D eigenvalue weighted by Crippen LogP contribution is -2.36. The molecule has 1 aliphatic rings. The monoisotopic (exact) mass is 357 g/mol. The topological polar surface area (TPSA) is 100 Å². The third-order valence-electron chi connectivity index (χ3n) is 4.49. The molecule has 1 aromatic carbocycles. The van der Waals surface area contributed by atoms with Crippen LogP contribution in [0.5, 0.6) is 0 Å². The molecule has 2 aromatic rings. The molecule has 2 heterocycles. The number of nitrogens with one attached hydrogen (secondary N) is 1. The van der Waals surface area contributed by atoms with Crippen LogP contribution >= 0.6 is 0 Å². The first-order chi connectivity index (χ1) is 12.5. The number of aromatic carboxylic acids is 1. The number of rotatable bonds is 6. The number of carboxylic acid groups (broad SMARTS) is 1. The number of carboxylic acids is 1. The van der Waals surface area contributed by atoms with Crippen molar-refractivity contribution >= 4 is 17.6 Å². The number of benzene rings is 1. The van der Waals surface area contributed by atoms with Crippen LogP contribution in [0.2, 0.25) is 0 Å². The summed E-state index contributed by atoms with van der Waals surface area (Å²) in [5.74, 6) is -0.703. The van der Waals surface area contributed by atoms with Gasteiger partial charge >= 0.3 is 5.97 Å². The Balaban J connectivity index is 1.54. The van der Waals surface area contributed by atoms with E-state index in [0.717, 1.165) is 38.2 Å². The highest BCUT2D eigenvalue weighted by atomic mass is 16.4. The third kappa shape index (κ3) is 4.89. The molecule has 3 rings (SSSR count). The van der Waals surface area contributed by atoms with Gasteiger partial charge in [-0.1, -0.05) is 17.3 Å². The van der Waals surface area contributed by atoms with Crippen LogP contribution in [0.15, 0.2) is 30.5 Å². The number of amides is 1. The number of anilines is 1.